The molecule has 2 heterocycles. The van der Waals surface area contributed by atoms with Gasteiger partial charge in [0.1, 0.15) is 19.0 Å². The number of benzene rings is 2. The topological polar surface area (TPSA) is 97.4 Å². The van der Waals surface area contributed by atoms with E-state index in [0.29, 0.717) is 48.4 Å². The number of carbonyl (C=O) groups is 3. The molecule has 0 aliphatic carbocycles. The summed E-state index contributed by atoms with van der Waals surface area (Å²) in [6.45, 7) is 4.94. The number of likely N-dealkylation sites (N-methyl/N-ethyl adjacent to an activating group) is 1. The van der Waals surface area contributed by atoms with Crippen LogP contribution in [0.5, 0.6) is 17.2 Å². The summed E-state index contributed by atoms with van der Waals surface area (Å²) in [5.41, 5.74) is 1.21. The van der Waals surface area contributed by atoms with Gasteiger partial charge >= 0.3 is 0 Å². The van der Waals surface area contributed by atoms with Crippen LogP contribution in [0.25, 0.3) is 0 Å². The average Bonchev–Trinajstić information content (AvgIpc) is 2.82. The van der Waals surface area contributed by atoms with Crippen molar-refractivity contribution in [2.45, 2.75) is 26.4 Å². The van der Waals surface area contributed by atoms with Gasteiger partial charge in [-0.3, -0.25) is 14.4 Å². The summed E-state index contributed by atoms with van der Waals surface area (Å²) in [4.78, 5) is 41.1. The van der Waals surface area contributed by atoms with E-state index >= 15 is 0 Å². The predicted molar refractivity (Wildman–Crippen MR) is 122 cm³/mol. The Morgan fingerprint density at radius 3 is 2.64 bits per heavy atom. The van der Waals surface area contributed by atoms with Crippen LogP contribution in [-0.4, -0.2) is 61.6 Å². The van der Waals surface area contributed by atoms with Crippen LogP contribution in [0.1, 0.15) is 20.3 Å². The van der Waals surface area contributed by atoms with Crippen LogP contribution in [0.15, 0.2) is 42.5 Å². The summed E-state index contributed by atoms with van der Waals surface area (Å²) in [5, 5.41) is 2.79. The first kappa shape index (κ1) is 22.4. The maximum atomic E-state index is 12.8. The molecule has 0 unspecified atom stereocenters. The zero-order valence-corrected chi connectivity index (χ0v) is 18.7. The molecule has 1 atom stereocenters. The van der Waals surface area contributed by atoms with Gasteiger partial charge < -0.3 is 29.3 Å². The van der Waals surface area contributed by atoms with Crippen LogP contribution in [0.3, 0.4) is 0 Å². The van der Waals surface area contributed by atoms with E-state index in [2.05, 4.69) is 5.32 Å². The van der Waals surface area contributed by atoms with Crippen molar-refractivity contribution in [2.24, 2.45) is 0 Å². The number of anilines is 2. The number of para-hydroxylation sites is 2. The van der Waals surface area contributed by atoms with Crippen LogP contribution < -0.4 is 24.4 Å². The molecule has 0 fully saturated rings. The summed E-state index contributed by atoms with van der Waals surface area (Å²) in [6.07, 6.45) is -0.521. The monoisotopic (exact) mass is 453 g/mol. The first-order chi connectivity index (χ1) is 16.0. The van der Waals surface area contributed by atoms with Gasteiger partial charge in [-0.2, -0.15) is 0 Å². The SMILES string of the molecule is CCN(CC(=O)Nc1ccc2c(c1)OCCO2)C(=O)CCN1C(=O)[C@@H](C)Oc2ccccc21. The van der Waals surface area contributed by atoms with Crippen LogP contribution in [-0.2, 0) is 14.4 Å². The van der Waals surface area contributed by atoms with Gasteiger partial charge in [-0.1, -0.05) is 12.1 Å². The molecule has 2 aromatic carbocycles. The molecule has 33 heavy (non-hydrogen) atoms. The van der Waals surface area contributed by atoms with Crippen LogP contribution in [0.2, 0.25) is 0 Å². The fraction of sp³-hybridized carbons (Fsp3) is 0.375. The molecule has 9 nitrogen and oxygen atoms in total. The number of fused-ring (bicyclic) bond motifs is 2. The van der Waals surface area contributed by atoms with E-state index in [1.165, 1.54) is 4.90 Å². The van der Waals surface area contributed by atoms with Gasteiger partial charge in [-0.25, -0.2) is 0 Å². The molecule has 0 aromatic heterocycles. The Kier molecular flexibility index (Phi) is 6.67. The third-order valence-electron chi connectivity index (χ3n) is 5.52. The smallest absolute Gasteiger partial charge is 0.267 e. The van der Waals surface area contributed by atoms with Gasteiger partial charge in [0.25, 0.3) is 5.91 Å². The fourth-order valence-corrected chi connectivity index (χ4v) is 3.83. The van der Waals surface area contributed by atoms with E-state index in [4.69, 9.17) is 14.2 Å². The molecule has 174 valence electrons. The third kappa shape index (κ3) is 5.02. The van der Waals surface area contributed by atoms with Gasteiger partial charge in [0.2, 0.25) is 11.8 Å². The van der Waals surface area contributed by atoms with Crippen molar-refractivity contribution in [1.29, 1.82) is 0 Å². The lowest BCUT2D eigenvalue weighted by atomic mass is 10.1. The summed E-state index contributed by atoms with van der Waals surface area (Å²) < 4.78 is 16.7. The molecular formula is C24H27N3O6. The third-order valence-corrected chi connectivity index (χ3v) is 5.52. The van der Waals surface area contributed by atoms with Crippen molar-refractivity contribution in [3.05, 3.63) is 42.5 Å². The Balaban J connectivity index is 1.35. The second-order valence-electron chi connectivity index (χ2n) is 7.78. The number of amides is 3. The molecule has 3 amide bonds. The first-order valence-electron chi connectivity index (χ1n) is 11.0. The molecule has 0 saturated carbocycles. The number of hydrogen-bond donors (Lipinski definition) is 1. The van der Waals surface area contributed by atoms with E-state index in [0.717, 1.165) is 0 Å². The Morgan fingerprint density at radius 2 is 1.85 bits per heavy atom. The van der Waals surface area contributed by atoms with Gasteiger partial charge in [-0.05, 0) is 38.1 Å². The molecule has 9 heteroatoms. The minimum absolute atomic E-state index is 0.0895. The number of nitrogens with zero attached hydrogens (tertiary/aromatic N) is 2. The molecule has 0 bridgehead atoms. The van der Waals surface area contributed by atoms with Crippen molar-refractivity contribution in [1.82, 2.24) is 4.90 Å². The van der Waals surface area contributed by atoms with Crippen molar-refractivity contribution in [3.63, 3.8) is 0 Å². The highest BCUT2D eigenvalue weighted by molar-refractivity contribution is 6.00. The molecule has 0 radical (unpaired) electrons. The fourth-order valence-electron chi connectivity index (χ4n) is 3.83. The zero-order valence-electron chi connectivity index (χ0n) is 18.7. The van der Waals surface area contributed by atoms with Crippen molar-refractivity contribution >= 4 is 29.1 Å². The summed E-state index contributed by atoms with van der Waals surface area (Å²) in [5.74, 6) is 1.11. The van der Waals surface area contributed by atoms with E-state index in [9.17, 15) is 14.4 Å². The lowest BCUT2D eigenvalue weighted by molar-refractivity contribution is -0.134. The second kappa shape index (κ2) is 9.81. The van der Waals surface area contributed by atoms with Gasteiger partial charge in [0, 0.05) is 31.3 Å². The maximum absolute atomic E-state index is 12.8. The number of nitrogens with one attached hydrogen (secondary N) is 1. The molecule has 0 saturated heterocycles. The summed E-state index contributed by atoms with van der Waals surface area (Å²) >= 11 is 0. The molecule has 2 aliphatic heterocycles. The highest BCUT2D eigenvalue weighted by Crippen LogP contribution is 2.34. The Hall–Kier alpha value is -3.75. The predicted octanol–water partition coefficient (Wildman–Crippen LogP) is 2.45. The number of carbonyl (C=O) groups excluding carboxylic acids is 3. The molecule has 2 aromatic rings. The molecule has 0 spiro atoms. The molecule has 2 aliphatic rings. The van der Waals surface area contributed by atoms with Crippen molar-refractivity contribution in [3.8, 4) is 17.2 Å². The highest BCUT2D eigenvalue weighted by atomic mass is 16.6. The van der Waals surface area contributed by atoms with E-state index in [1.807, 2.05) is 19.1 Å². The Labute approximate surface area is 192 Å². The molecule has 4 rings (SSSR count). The Morgan fingerprint density at radius 1 is 1.09 bits per heavy atom. The van der Waals surface area contributed by atoms with Crippen molar-refractivity contribution in [2.75, 3.05) is 43.1 Å². The van der Waals surface area contributed by atoms with E-state index in [-0.39, 0.29) is 37.2 Å². The van der Waals surface area contributed by atoms with Crippen LogP contribution >= 0.6 is 0 Å². The quantitative estimate of drug-likeness (QED) is 0.692. The van der Waals surface area contributed by atoms with Crippen LogP contribution in [0.4, 0.5) is 11.4 Å². The number of ether oxygens (including phenoxy) is 3. The standard InChI is InChI=1S/C24H27N3O6/c1-3-26(15-22(28)25-17-8-9-20-21(14-17)32-13-12-31-20)23(29)10-11-27-18-6-4-5-7-19(18)33-16(2)24(27)30/h4-9,14,16H,3,10-13,15H2,1-2H3,(H,25,28)/t16-/m1/s1. The number of hydrogen-bond acceptors (Lipinski definition) is 6. The van der Waals surface area contributed by atoms with Crippen molar-refractivity contribution < 1.29 is 28.6 Å². The molecule has 1 N–H and O–H groups in total. The zero-order chi connectivity index (χ0) is 23.4. The lowest BCUT2D eigenvalue weighted by Crippen LogP contribution is -2.46. The van der Waals surface area contributed by atoms with Gasteiger partial charge in [0.05, 0.1) is 12.2 Å². The lowest BCUT2D eigenvalue weighted by Gasteiger charge is -2.33. The average molecular weight is 453 g/mol. The first-order valence-corrected chi connectivity index (χ1v) is 11.0. The summed E-state index contributed by atoms with van der Waals surface area (Å²) in [6, 6.07) is 12.4. The summed E-state index contributed by atoms with van der Waals surface area (Å²) in [7, 11) is 0. The van der Waals surface area contributed by atoms with Gasteiger partial charge in [-0.15, -0.1) is 0 Å². The Bertz CT molecular complexity index is 1060. The van der Waals surface area contributed by atoms with Gasteiger partial charge in [0.15, 0.2) is 17.6 Å². The van der Waals surface area contributed by atoms with E-state index in [1.54, 1.807) is 42.2 Å². The minimum atomic E-state index is -0.617. The van der Waals surface area contributed by atoms with E-state index < -0.39 is 6.10 Å². The van der Waals surface area contributed by atoms with Crippen LogP contribution in [0, 0.1) is 0 Å². The maximum Gasteiger partial charge on any atom is 0.267 e. The largest absolute Gasteiger partial charge is 0.486 e. The second-order valence-corrected chi connectivity index (χ2v) is 7.78. The molecular weight excluding hydrogens is 426 g/mol. The normalized spacial score (nSPS) is 16.5. The highest BCUT2D eigenvalue weighted by Gasteiger charge is 2.31. The number of rotatable bonds is 7. The minimum Gasteiger partial charge on any atom is -0.486 e.